The van der Waals surface area contributed by atoms with Crippen LogP contribution in [-0.2, 0) is 9.59 Å². The first-order chi connectivity index (χ1) is 13.6. The highest BCUT2D eigenvalue weighted by Gasteiger charge is 2.66. The summed E-state index contributed by atoms with van der Waals surface area (Å²) in [4.78, 5) is 24.8. The molecule has 4 rings (SSSR count). The molecule has 160 valence electrons. The molecule has 2 saturated carbocycles. The van der Waals surface area contributed by atoms with Gasteiger partial charge in [0, 0.05) is 22.7 Å². The topological polar surface area (TPSA) is 115 Å². The van der Waals surface area contributed by atoms with E-state index in [1.165, 1.54) is 0 Å². The van der Waals surface area contributed by atoms with Crippen LogP contribution in [0.4, 0.5) is 0 Å². The minimum absolute atomic E-state index is 0.0518. The predicted molar refractivity (Wildman–Crippen MR) is 106 cm³/mol. The van der Waals surface area contributed by atoms with E-state index in [1.807, 2.05) is 13.8 Å². The lowest BCUT2D eigenvalue weighted by Crippen LogP contribution is -2.58. The molecule has 0 amide bonds. The van der Waals surface area contributed by atoms with E-state index >= 15 is 0 Å². The van der Waals surface area contributed by atoms with Crippen molar-refractivity contribution in [1.82, 2.24) is 0 Å². The molecule has 0 spiro atoms. The van der Waals surface area contributed by atoms with E-state index in [0.29, 0.717) is 25.7 Å². The van der Waals surface area contributed by atoms with Crippen LogP contribution in [0.3, 0.4) is 0 Å². The highest BCUT2D eigenvalue weighted by Crippen LogP contribution is 2.68. The average molecular weight is 405 g/mol. The zero-order valence-electron chi connectivity index (χ0n) is 17.3. The molecule has 4 N–H and O–H groups in total. The van der Waals surface area contributed by atoms with Crippen molar-refractivity contribution in [3.05, 3.63) is 23.3 Å². The molecular weight excluding hydrogens is 372 g/mol. The van der Waals surface area contributed by atoms with Gasteiger partial charge in [-0.15, -0.1) is 0 Å². The van der Waals surface area contributed by atoms with Crippen molar-refractivity contribution in [1.29, 1.82) is 0 Å². The minimum Gasteiger partial charge on any atom is -0.396 e. The van der Waals surface area contributed by atoms with Crippen LogP contribution in [0.1, 0.15) is 52.4 Å². The van der Waals surface area contributed by atoms with E-state index in [-0.39, 0.29) is 37.3 Å². The molecule has 0 aromatic rings. The SMILES string of the molecule is C[C@@]12C(=CC(=O)CC1(CO)CO)CC[C@@H]1C2=CC[C@@]2(C)[C@H]1CC[C@]2(O)C(=O)CO. The Hall–Kier alpha value is -1.34. The van der Waals surface area contributed by atoms with Gasteiger partial charge >= 0.3 is 0 Å². The van der Waals surface area contributed by atoms with E-state index in [4.69, 9.17) is 0 Å². The van der Waals surface area contributed by atoms with E-state index in [1.54, 1.807) is 6.08 Å². The Bertz CT molecular complexity index is 808. The van der Waals surface area contributed by atoms with Crippen LogP contribution in [0.2, 0.25) is 0 Å². The molecule has 0 saturated heterocycles. The summed E-state index contributed by atoms with van der Waals surface area (Å²) in [7, 11) is 0. The first-order valence-corrected chi connectivity index (χ1v) is 10.7. The van der Waals surface area contributed by atoms with Crippen LogP contribution >= 0.6 is 0 Å². The van der Waals surface area contributed by atoms with Crippen molar-refractivity contribution < 1.29 is 30.0 Å². The summed E-state index contributed by atoms with van der Waals surface area (Å²) in [6, 6.07) is 0. The third-order valence-corrected chi connectivity index (χ3v) is 9.27. The lowest BCUT2D eigenvalue weighted by molar-refractivity contribution is -0.156. The predicted octanol–water partition coefficient (Wildman–Crippen LogP) is 1.31. The molecule has 4 aliphatic carbocycles. The standard InChI is InChI=1S/C23H32O6/c1-20-7-5-18-16(17(20)6-8-23(20,29)19(28)11-24)4-3-14-9-15(27)10-22(12-25,13-26)21(14,18)2/h5,9,16-17,24-26,29H,3-4,6-8,10-13H2,1-2H3/t16-,17-,20-,21-,23-/m0/s1. The number of aliphatic hydroxyl groups is 4. The fourth-order valence-corrected chi connectivity index (χ4v) is 7.29. The highest BCUT2D eigenvalue weighted by molar-refractivity contribution is 5.93. The molecule has 0 aliphatic heterocycles. The number of allylic oxidation sites excluding steroid dienone is 4. The molecule has 0 radical (unpaired) electrons. The van der Waals surface area contributed by atoms with Crippen LogP contribution in [0.25, 0.3) is 0 Å². The summed E-state index contributed by atoms with van der Waals surface area (Å²) < 4.78 is 0. The third kappa shape index (κ3) is 2.37. The van der Waals surface area contributed by atoms with Gasteiger partial charge in [0.1, 0.15) is 12.2 Å². The zero-order chi connectivity index (χ0) is 21.2. The molecular formula is C23H32O6. The number of hydrogen-bond acceptors (Lipinski definition) is 6. The summed E-state index contributed by atoms with van der Waals surface area (Å²) in [6.45, 7) is 2.78. The summed E-state index contributed by atoms with van der Waals surface area (Å²) in [6.07, 6.45) is 6.95. The number of fused-ring (bicyclic) bond motifs is 5. The van der Waals surface area contributed by atoms with E-state index in [0.717, 1.165) is 17.6 Å². The van der Waals surface area contributed by atoms with Crippen molar-refractivity contribution in [2.45, 2.75) is 58.0 Å². The number of hydrogen-bond donors (Lipinski definition) is 4. The molecule has 0 aromatic heterocycles. The first-order valence-electron chi connectivity index (χ1n) is 10.7. The van der Waals surface area contributed by atoms with Gasteiger partial charge in [-0.2, -0.15) is 0 Å². The molecule has 2 fully saturated rings. The number of Topliss-reactive ketones (excluding diaryl/α,β-unsaturated/α-hetero) is 1. The fraction of sp³-hybridized carbons (Fsp3) is 0.739. The third-order valence-electron chi connectivity index (χ3n) is 9.27. The second kappa shape index (κ2) is 6.58. The minimum atomic E-state index is -1.53. The number of carbonyl (C=O) groups excluding carboxylic acids is 2. The Morgan fingerprint density at radius 3 is 2.48 bits per heavy atom. The van der Waals surface area contributed by atoms with Crippen molar-refractivity contribution in [2.24, 2.45) is 28.1 Å². The molecule has 29 heavy (non-hydrogen) atoms. The second-order valence-electron chi connectivity index (χ2n) is 10.0. The van der Waals surface area contributed by atoms with Gasteiger partial charge in [-0.25, -0.2) is 0 Å². The van der Waals surface area contributed by atoms with Gasteiger partial charge in [-0.1, -0.05) is 31.1 Å². The van der Waals surface area contributed by atoms with Gasteiger partial charge in [-0.3, -0.25) is 9.59 Å². The van der Waals surface area contributed by atoms with Gasteiger partial charge in [-0.05, 0) is 50.0 Å². The highest BCUT2D eigenvalue weighted by atomic mass is 16.3. The maximum absolute atomic E-state index is 12.4. The summed E-state index contributed by atoms with van der Waals surface area (Å²) in [5, 5.41) is 41.3. The lowest BCUT2D eigenvalue weighted by Gasteiger charge is -2.60. The number of ketones is 2. The zero-order valence-corrected chi connectivity index (χ0v) is 17.3. The van der Waals surface area contributed by atoms with Crippen LogP contribution < -0.4 is 0 Å². The van der Waals surface area contributed by atoms with Gasteiger partial charge in [0.05, 0.1) is 13.2 Å². The van der Waals surface area contributed by atoms with Crippen molar-refractivity contribution in [2.75, 3.05) is 19.8 Å². The molecule has 0 aromatic carbocycles. The lowest BCUT2D eigenvalue weighted by atomic mass is 9.44. The normalized spacial score (nSPS) is 43.0. The summed E-state index contributed by atoms with van der Waals surface area (Å²) in [5.74, 6) is -0.370. The first kappa shape index (κ1) is 20.9. The number of aliphatic hydroxyl groups excluding tert-OH is 3. The Balaban J connectivity index is 1.84. The number of rotatable bonds is 4. The van der Waals surface area contributed by atoms with Gasteiger partial charge < -0.3 is 20.4 Å². The molecule has 4 aliphatic rings. The molecule has 0 heterocycles. The number of carbonyl (C=O) groups is 2. The maximum Gasteiger partial charge on any atom is 0.190 e. The van der Waals surface area contributed by atoms with Crippen molar-refractivity contribution in [3.63, 3.8) is 0 Å². The Kier molecular flexibility index (Phi) is 4.74. The van der Waals surface area contributed by atoms with Crippen molar-refractivity contribution in [3.8, 4) is 0 Å². The van der Waals surface area contributed by atoms with Crippen LogP contribution in [0, 0.1) is 28.1 Å². The van der Waals surface area contributed by atoms with Crippen LogP contribution in [-0.4, -0.2) is 57.4 Å². The van der Waals surface area contributed by atoms with E-state index in [9.17, 15) is 30.0 Å². The Morgan fingerprint density at radius 2 is 1.86 bits per heavy atom. The quantitative estimate of drug-likeness (QED) is 0.525. The van der Waals surface area contributed by atoms with E-state index < -0.39 is 34.2 Å². The van der Waals surface area contributed by atoms with Crippen LogP contribution in [0.15, 0.2) is 23.3 Å². The summed E-state index contributed by atoms with van der Waals surface area (Å²) in [5.41, 5.74) is -1.63. The largest absolute Gasteiger partial charge is 0.396 e. The molecule has 6 nitrogen and oxygen atoms in total. The monoisotopic (exact) mass is 404 g/mol. The van der Waals surface area contributed by atoms with Crippen LogP contribution in [0.5, 0.6) is 0 Å². The van der Waals surface area contributed by atoms with Gasteiger partial charge in [0.15, 0.2) is 11.6 Å². The second-order valence-corrected chi connectivity index (χ2v) is 10.0. The Labute approximate surface area is 171 Å². The molecule has 0 unspecified atom stereocenters. The van der Waals surface area contributed by atoms with Gasteiger partial charge in [0.2, 0.25) is 0 Å². The average Bonchev–Trinajstić information content (AvgIpc) is 2.99. The molecule has 0 bridgehead atoms. The molecule has 5 atom stereocenters. The fourth-order valence-electron chi connectivity index (χ4n) is 7.29. The maximum atomic E-state index is 12.4. The molecule has 6 heteroatoms. The van der Waals surface area contributed by atoms with Crippen molar-refractivity contribution >= 4 is 11.6 Å². The Morgan fingerprint density at radius 1 is 1.17 bits per heavy atom. The van der Waals surface area contributed by atoms with E-state index in [2.05, 4.69) is 6.08 Å². The van der Waals surface area contributed by atoms with Gasteiger partial charge in [0.25, 0.3) is 0 Å². The summed E-state index contributed by atoms with van der Waals surface area (Å²) >= 11 is 0. The smallest absolute Gasteiger partial charge is 0.190 e.